The average molecular weight is 585 g/mol. The van der Waals surface area contributed by atoms with Crippen molar-refractivity contribution in [2.45, 2.75) is 89.9 Å². The van der Waals surface area contributed by atoms with Crippen molar-refractivity contribution in [3.8, 4) is 17.3 Å². The summed E-state index contributed by atoms with van der Waals surface area (Å²) in [5, 5.41) is 1.03. The van der Waals surface area contributed by atoms with Crippen molar-refractivity contribution < 1.29 is 19.1 Å². The number of fused-ring (bicyclic) bond motifs is 4. The molecule has 2 aliphatic heterocycles. The molecule has 3 aliphatic rings. The molecule has 1 saturated carbocycles. The minimum atomic E-state index is -0.210. The van der Waals surface area contributed by atoms with Crippen LogP contribution in [0.4, 0.5) is 0 Å². The highest BCUT2D eigenvalue weighted by molar-refractivity contribution is 5.96. The first-order chi connectivity index (χ1) is 20.8. The third-order valence-electron chi connectivity index (χ3n) is 9.62. The molecule has 2 bridgehead atoms. The first-order valence-corrected chi connectivity index (χ1v) is 15.6. The van der Waals surface area contributed by atoms with E-state index in [1.165, 1.54) is 12.8 Å². The van der Waals surface area contributed by atoms with Crippen molar-refractivity contribution in [3.05, 3.63) is 47.3 Å². The normalized spacial score (nSPS) is 22.1. The van der Waals surface area contributed by atoms with Crippen molar-refractivity contribution in [1.29, 1.82) is 0 Å². The van der Waals surface area contributed by atoms with Crippen LogP contribution >= 0.6 is 0 Å². The molecular formula is C33H40N6O4. The molecule has 0 aromatic carbocycles. The number of methoxy groups -OCH3 is 1. The molecule has 7 rings (SSSR count). The van der Waals surface area contributed by atoms with E-state index in [1.54, 1.807) is 7.11 Å². The zero-order valence-corrected chi connectivity index (χ0v) is 25.4. The van der Waals surface area contributed by atoms with Gasteiger partial charge in [0.15, 0.2) is 5.88 Å². The average Bonchev–Trinajstić information content (AvgIpc) is 3.31. The van der Waals surface area contributed by atoms with Crippen LogP contribution in [0.5, 0.6) is 5.88 Å². The van der Waals surface area contributed by atoms with Crippen LogP contribution in [0.1, 0.15) is 80.0 Å². The van der Waals surface area contributed by atoms with Gasteiger partial charge < -0.3 is 24.7 Å². The minimum Gasteiger partial charge on any atom is -0.482 e. The van der Waals surface area contributed by atoms with Crippen LogP contribution in [-0.4, -0.2) is 67.6 Å². The van der Waals surface area contributed by atoms with Gasteiger partial charge in [-0.15, -0.1) is 0 Å². The monoisotopic (exact) mass is 584 g/mol. The molecule has 4 atom stereocenters. The van der Waals surface area contributed by atoms with Crippen molar-refractivity contribution in [2.75, 3.05) is 13.7 Å². The highest BCUT2D eigenvalue weighted by atomic mass is 16.5. The zero-order chi connectivity index (χ0) is 30.0. The van der Waals surface area contributed by atoms with Crippen molar-refractivity contribution in [1.82, 2.24) is 23.8 Å². The molecule has 0 radical (unpaired) electrons. The van der Waals surface area contributed by atoms with Gasteiger partial charge in [0.05, 0.1) is 31.5 Å². The molecule has 6 heterocycles. The Balaban J connectivity index is 1.30. The van der Waals surface area contributed by atoms with E-state index in [4.69, 9.17) is 25.2 Å². The Morgan fingerprint density at radius 2 is 1.93 bits per heavy atom. The van der Waals surface area contributed by atoms with E-state index in [-0.39, 0.29) is 35.9 Å². The molecule has 2 N–H and O–H groups in total. The molecular weight excluding hydrogens is 544 g/mol. The first-order valence-electron chi connectivity index (χ1n) is 15.6. The van der Waals surface area contributed by atoms with Gasteiger partial charge in [0.1, 0.15) is 17.0 Å². The van der Waals surface area contributed by atoms with Gasteiger partial charge in [-0.1, -0.05) is 6.92 Å². The fourth-order valence-corrected chi connectivity index (χ4v) is 7.22. The van der Waals surface area contributed by atoms with Crippen LogP contribution in [0.2, 0.25) is 0 Å². The van der Waals surface area contributed by atoms with Gasteiger partial charge in [0.2, 0.25) is 0 Å². The van der Waals surface area contributed by atoms with Gasteiger partial charge in [0, 0.05) is 53.3 Å². The highest BCUT2D eigenvalue weighted by Crippen LogP contribution is 2.40. The largest absolute Gasteiger partial charge is 0.482 e. The van der Waals surface area contributed by atoms with E-state index >= 15 is 0 Å². The number of esters is 1. The number of nitrogens with zero attached hydrogens (tertiary/aromatic N) is 5. The van der Waals surface area contributed by atoms with Gasteiger partial charge in [-0.2, -0.15) is 0 Å². The number of hydrogen-bond acceptors (Lipinski definition) is 7. The number of aryl methyl sites for hydroxylation is 1. The Hall–Kier alpha value is -3.92. The number of carbonyl (C=O) groups is 2. The highest BCUT2D eigenvalue weighted by Gasteiger charge is 2.47. The molecule has 10 heteroatoms. The Bertz CT molecular complexity index is 1740. The maximum Gasteiger partial charge on any atom is 0.306 e. The van der Waals surface area contributed by atoms with Crippen molar-refractivity contribution in [2.24, 2.45) is 11.7 Å². The summed E-state index contributed by atoms with van der Waals surface area (Å²) >= 11 is 0. The molecule has 4 aromatic rings. The summed E-state index contributed by atoms with van der Waals surface area (Å²) in [6.45, 7) is 7.10. The van der Waals surface area contributed by atoms with Gasteiger partial charge >= 0.3 is 5.97 Å². The van der Waals surface area contributed by atoms with Gasteiger partial charge in [-0.3, -0.25) is 14.0 Å². The maximum absolute atomic E-state index is 13.8. The van der Waals surface area contributed by atoms with Crippen LogP contribution in [0.25, 0.3) is 28.1 Å². The third kappa shape index (κ3) is 4.76. The van der Waals surface area contributed by atoms with E-state index in [2.05, 4.69) is 16.7 Å². The number of carbonyl (C=O) groups excluding carboxylic acids is 2. The molecule has 43 heavy (non-hydrogen) atoms. The van der Waals surface area contributed by atoms with Crippen molar-refractivity contribution in [3.63, 3.8) is 0 Å². The zero-order valence-electron chi connectivity index (χ0n) is 25.4. The molecule has 2 saturated heterocycles. The molecule has 3 fully saturated rings. The van der Waals surface area contributed by atoms with E-state index < -0.39 is 0 Å². The van der Waals surface area contributed by atoms with E-state index in [0.29, 0.717) is 36.0 Å². The number of imidazole rings is 1. The second-order valence-electron chi connectivity index (χ2n) is 12.6. The maximum atomic E-state index is 13.8. The molecule has 1 amide bonds. The number of ether oxygens (including phenoxy) is 2. The summed E-state index contributed by atoms with van der Waals surface area (Å²) in [6, 6.07) is 10.3. The Morgan fingerprint density at radius 3 is 2.60 bits per heavy atom. The summed E-state index contributed by atoms with van der Waals surface area (Å²) in [7, 11) is 1.63. The number of aromatic nitrogens is 4. The van der Waals surface area contributed by atoms with Crippen LogP contribution in [0.3, 0.4) is 0 Å². The molecule has 4 aromatic heterocycles. The lowest BCUT2D eigenvalue weighted by Gasteiger charge is -2.23. The SMILES string of the molecule is CCOC(=O)CC(C)c1ccc2cc(-c3nc4cc(C(=O)N5[C@H]6CC[C@@H]5[C@H](N)C6)cc(OC)n4c3C)n(CC3CC3)c2n1. The number of nitrogens with two attached hydrogens (primary N) is 1. The first kappa shape index (κ1) is 27.9. The quantitative estimate of drug-likeness (QED) is 0.280. The summed E-state index contributed by atoms with van der Waals surface area (Å²) < 4.78 is 15.3. The topological polar surface area (TPSA) is 117 Å². The lowest BCUT2D eigenvalue weighted by molar-refractivity contribution is -0.143. The molecule has 0 spiro atoms. The molecule has 1 unspecified atom stereocenters. The van der Waals surface area contributed by atoms with Gasteiger partial charge in [-0.05, 0) is 76.1 Å². The summed E-state index contributed by atoms with van der Waals surface area (Å²) in [4.78, 5) is 38.1. The third-order valence-corrected chi connectivity index (χ3v) is 9.62. The lowest BCUT2D eigenvalue weighted by atomic mass is 9.97. The smallest absolute Gasteiger partial charge is 0.306 e. The fraction of sp³-hybridized carbons (Fsp3) is 0.515. The minimum absolute atomic E-state index is 0.0000300. The van der Waals surface area contributed by atoms with Crippen LogP contribution < -0.4 is 10.5 Å². The standard InChI is InChI=1S/C33H40N6O4/c1-5-43-30(40)12-18(2)25-10-8-21-13-27(37(32(21)35-25)17-20-6-7-20)31-19(3)38-28(36-31)14-22(15-29(38)42-4)33(41)39-23-9-11-26(39)24(34)16-23/h8,10,13-15,18,20,23-24,26H,5-7,9,11-12,16-17,34H2,1-4H3/t18?,23-,24+,26+/m0/s1. The lowest BCUT2D eigenvalue weighted by Crippen LogP contribution is -2.40. The van der Waals surface area contributed by atoms with E-state index in [1.807, 2.05) is 48.3 Å². The van der Waals surface area contributed by atoms with Crippen molar-refractivity contribution >= 4 is 28.6 Å². The second kappa shape index (κ2) is 10.7. The predicted octanol–water partition coefficient (Wildman–Crippen LogP) is 4.84. The number of amides is 1. The number of pyridine rings is 2. The van der Waals surface area contributed by atoms with Gasteiger partial charge in [0.25, 0.3) is 5.91 Å². The van der Waals surface area contributed by atoms with Crippen LogP contribution in [0, 0.1) is 12.8 Å². The molecule has 10 nitrogen and oxygen atoms in total. The van der Waals surface area contributed by atoms with E-state index in [9.17, 15) is 9.59 Å². The number of hydrogen-bond donors (Lipinski definition) is 1. The second-order valence-corrected chi connectivity index (χ2v) is 12.6. The summed E-state index contributed by atoms with van der Waals surface area (Å²) in [5.74, 6) is 0.910. The summed E-state index contributed by atoms with van der Waals surface area (Å²) in [5.41, 5.74) is 12.1. The Morgan fingerprint density at radius 1 is 1.12 bits per heavy atom. The Labute approximate surface area is 251 Å². The molecule has 1 aliphatic carbocycles. The van der Waals surface area contributed by atoms with E-state index in [0.717, 1.165) is 59.6 Å². The molecule has 226 valence electrons. The summed E-state index contributed by atoms with van der Waals surface area (Å²) in [6.07, 6.45) is 5.53. The number of rotatable bonds is 9. The van der Waals surface area contributed by atoms with Crippen LogP contribution in [-0.2, 0) is 16.1 Å². The Kier molecular flexibility index (Phi) is 6.91. The predicted molar refractivity (Wildman–Crippen MR) is 163 cm³/mol. The fourth-order valence-electron chi connectivity index (χ4n) is 7.22. The van der Waals surface area contributed by atoms with Crippen LogP contribution in [0.15, 0.2) is 30.3 Å². The van der Waals surface area contributed by atoms with Gasteiger partial charge in [-0.25, -0.2) is 9.97 Å².